The maximum absolute atomic E-state index is 9.42. The zero-order valence-corrected chi connectivity index (χ0v) is 17.3. The quantitative estimate of drug-likeness (QED) is 0.521. The minimum absolute atomic E-state index is 0.680. The van der Waals surface area contributed by atoms with Crippen molar-refractivity contribution in [1.29, 1.82) is 5.26 Å². The molecule has 1 saturated carbocycles. The molecule has 1 fully saturated rings. The van der Waals surface area contributed by atoms with Crippen LogP contribution in [0, 0.1) is 29.1 Å². The van der Waals surface area contributed by atoms with Crippen molar-refractivity contribution in [3.8, 4) is 17.9 Å². The van der Waals surface area contributed by atoms with E-state index in [4.69, 9.17) is 0 Å². The Bertz CT molecular complexity index is 865. The lowest BCUT2D eigenvalue weighted by Crippen LogP contribution is -2.13. The van der Waals surface area contributed by atoms with E-state index in [1.165, 1.54) is 49.7 Å². The van der Waals surface area contributed by atoms with Crippen LogP contribution in [0.5, 0.6) is 0 Å². The Balaban J connectivity index is 1.67. The Morgan fingerprint density at radius 3 is 2.25 bits per heavy atom. The van der Waals surface area contributed by atoms with E-state index in [0.29, 0.717) is 11.5 Å². The van der Waals surface area contributed by atoms with Crippen molar-refractivity contribution in [2.45, 2.75) is 71.1 Å². The molecule has 3 rings (SSSR count). The van der Waals surface area contributed by atoms with Crippen molar-refractivity contribution in [2.24, 2.45) is 5.92 Å². The summed E-state index contributed by atoms with van der Waals surface area (Å²) in [6, 6.07) is 17.1. The molecule has 28 heavy (non-hydrogen) atoms. The van der Waals surface area contributed by atoms with Gasteiger partial charge in [-0.25, -0.2) is 0 Å². The summed E-state index contributed by atoms with van der Waals surface area (Å²) in [5.74, 6) is 8.10. The molecular formula is C27H31N. The van der Waals surface area contributed by atoms with Crippen LogP contribution in [0.25, 0.3) is 0 Å². The van der Waals surface area contributed by atoms with E-state index >= 15 is 0 Å². The fraction of sp³-hybridized carbons (Fsp3) is 0.444. The summed E-state index contributed by atoms with van der Waals surface area (Å²) in [6.07, 6.45) is 10.2. The molecule has 144 valence electrons. The van der Waals surface area contributed by atoms with Gasteiger partial charge >= 0.3 is 0 Å². The number of rotatable bonds is 5. The van der Waals surface area contributed by atoms with Crippen molar-refractivity contribution in [3.05, 3.63) is 70.3 Å². The normalized spacial score (nSPS) is 18.8. The number of nitrogens with zero attached hydrogens (tertiary/aromatic N) is 1. The van der Waals surface area contributed by atoms with Crippen molar-refractivity contribution < 1.29 is 0 Å². The average molecular weight is 370 g/mol. The Kier molecular flexibility index (Phi) is 7.33. The van der Waals surface area contributed by atoms with Crippen LogP contribution >= 0.6 is 0 Å². The first kappa shape index (κ1) is 20.2. The van der Waals surface area contributed by atoms with Gasteiger partial charge in [0, 0.05) is 11.1 Å². The molecule has 0 aliphatic heterocycles. The number of aryl methyl sites for hydroxylation is 1. The third-order valence-corrected chi connectivity index (χ3v) is 6.01. The number of hydrogen-bond donors (Lipinski definition) is 0. The van der Waals surface area contributed by atoms with Crippen LogP contribution in [0.1, 0.15) is 92.5 Å². The second-order valence-corrected chi connectivity index (χ2v) is 8.12. The SMILES string of the molecule is CCCc1ccc(C#Cc2ccc(C3CCC(CCC)CC3)cc2)c(C#N)c1. The highest BCUT2D eigenvalue weighted by molar-refractivity contribution is 5.52. The number of nitriles is 1. The molecule has 0 radical (unpaired) electrons. The molecule has 0 bridgehead atoms. The average Bonchev–Trinajstić information content (AvgIpc) is 2.74. The molecule has 2 aromatic carbocycles. The minimum Gasteiger partial charge on any atom is -0.192 e. The van der Waals surface area contributed by atoms with Gasteiger partial charge < -0.3 is 0 Å². The minimum atomic E-state index is 0.680. The second-order valence-electron chi connectivity index (χ2n) is 8.12. The molecule has 0 atom stereocenters. The van der Waals surface area contributed by atoms with Gasteiger partial charge in [-0.05, 0) is 79.3 Å². The highest BCUT2D eigenvalue weighted by Crippen LogP contribution is 2.37. The van der Waals surface area contributed by atoms with Crippen LogP contribution in [0.3, 0.4) is 0 Å². The van der Waals surface area contributed by atoms with Crippen molar-refractivity contribution in [2.75, 3.05) is 0 Å². The fourth-order valence-corrected chi connectivity index (χ4v) is 4.41. The molecular weight excluding hydrogens is 338 g/mol. The van der Waals surface area contributed by atoms with Gasteiger partial charge in [0.15, 0.2) is 0 Å². The van der Waals surface area contributed by atoms with Crippen molar-refractivity contribution in [3.63, 3.8) is 0 Å². The summed E-state index contributed by atoms with van der Waals surface area (Å²) in [5, 5.41) is 9.42. The third-order valence-electron chi connectivity index (χ3n) is 6.01. The Labute approximate surface area is 170 Å². The van der Waals surface area contributed by atoms with Gasteiger partial charge in [0.1, 0.15) is 6.07 Å². The van der Waals surface area contributed by atoms with Gasteiger partial charge in [0.25, 0.3) is 0 Å². The van der Waals surface area contributed by atoms with Crippen LogP contribution in [0.4, 0.5) is 0 Å². The lowest BCUT2D eigenvalue weighted by Gasteiger charge is -2.28. The second kappa shape index (κ2) is 10.1. The lowest BCUT2D eigenvalue weighted by atomic mass is 9.77. The standard InChI is InChI=1S/C27H31N/c1-3-5-21-7-13-24(14-8-21)25-15-9-22(10-16-25)11-17-26-18-12-23(6-4-2)19-27(26)20-28/h9-10,12,15-16,18-19,21,24H,3-8,13-14H2,1-2H3. The fourth-order valence-electron chi connectivity index (χ4n) is 4.41. The van der Waals surface area contributed by atoms with E-state index in [1.807, 2.05) is 12.1 Å². The predicted molar refractivity (Wildman–Crippen MR) is 117 cm³/mol. The molecule has 0 unspecified atom stereocenters. The van der Waals surface area contributed by atoms with Crippen LogP contribution in [0.2, 0.25) is 0 Å². The molecule has 2 aromatic rings. The summed E-state index contributed by atoms with van der Waals surface area (Å²) in [5.41, 5.74) is 5.19. The summed E-state index contributed by atoms with van der Waals surface area (Å²) in [6.45, 7) is 4.45. The molecule has 0 N–H and O–H groups in total. The first-order valence-corrected chi connectivity index (χ1v) is 10.9. The van der Waals surface area contributed by atoms with Crippen molar-refractivity contribution in [1.82, 2.24) is 0 Å². The number of hydrogen-bond acceptors (Lipinski definition) is 1. The van der Waals surface area contributed by atoms with Gasteiger partial charge in [-0.15, -0.1) is 0 Å². The van der Waals surface area contributed by atoms with Gasteiger partial charge in [-0.2, -0.15) is 5.26 Å². The Morgan fingerprint density at radius 2 is 1.61 bits per heavy atom. The number of benzene rings is 2. The lowest BCUT2D eigenvalue weighted by molar-refractivity contribution is 0.308. The van der Waals surface area contributed by atoms with Gasteiger partial charge in [-0.3, -0.25) is 0 Å². The summed E-state index contributed by atoms with van der Waals surface area (Å²) < 4.78 is 0. The maximum Gasteiger partial charge on any atom is 0.100 e. The van der Waals surface area contributed by atoms with Crippen LogP contribution < -0.4 is 0 Å². The molecule has 1 nitrogen and oxygen atoms in total. The van der Waals surface area contributed by atoms with Crippen LogP contribution in [-0.2, 0) is 6.42 Å². The third kappa shape index (κ3) is 5.27. The highest BCUT2D eigenvalue weighted by Gasteiger charge is 2.21. The van der Waals surface area contributed by atoms with E-state index < -0.39 is 0 Å². The summed E-state index contributed by atoms with van der Waals surface area (Å²) in [7, 11) is 0. The molecule has 0 saturated heterocycles. The van der Waals surface area contributed by atoms with E-state index in [1.54, 1.807) is 0 Å². The first-order chi connectivity index (χ1) is 13.7. The smallest absolute Gasteiger partial charge is 0.100 e. The van der Waals surface area contributed by atoms with E-state index in [2.05, 4.69) is 62.1 Å². The highest BCUT2D eigenvalue weighted by atomic mass is 14.3. The molecule has 0 aromatic heterocycles. The van der Waals surface area contributed by atoms with Gasteiger partial charge in [-0.1, -0.05) is 63.1 Å². The Morgan fingerprint density at radius 1 is 0.857 bits per heavy atom. The van der Waals surface area contributed by atoms with Crippen molar-refractivity contribution >= 4 is 0 Å². The predicted octanol–water partition coefficient (Wildman–Crippen LogP) is 6.98. The first-order valence-electron chi connectivity index (χ1n) is 10.9. The monoisotopic (exact) mass is 369 g/mol. The molecule has 0 amide bonds. The molecule has 1 aliphatic rings. The van der Waals surface area contributed by atoms with E-state index in [9.17, 15) is 5.26 Å². The van der Waals surface area contributed by atoms with Crippen LogP contribution in [-0.4, -0.2) is 0 Å². The zero-order valence-electron chi connectivity index (χ0n) is 17.3. The summed E-state index contributed by atoms with van der Waals surface area (Å²) >= 11 is 0. The molecule has 0 heterocycles. The molecule has 0 spiro atoms. The largest absolute Gasteiger partial charge is 0.192 e. The zero-order chi connectivity index (χ0) is 19.8. The van der Waals surface area contributed by atoms with E-state index in [0.717, 1.165) is 29.9 Å². The van der Waals surface area contributed by atoms with E-state index in [-0.39, 0.29) is 0 Å². The maximum atomic E-state index is 9.42. The summed E-state index contributed by atoms with van der Waals surface area (Å²) in [4.78, 5) is 0. The topological polar surface area (TPSA) is 23.8 Å². The Hall–Kier alpha value is -2.51. The van der Waals surface area contributed by atoms with Gasteiger partial charge in [0.2, 0.25) is 0 Å². The molecule has 1 heteroatoms. The van der Waals surface area contributed by atoms with Crippen LogP contribution in [0.15, 0.2) is 42.5 Å². The molecule has 1 aliphatic carbocycles. The van der Waals surface area contributed by atoms with Gasteiger partial charge in [0.05, 0.1) is 5.56 Å².